The van der Waals surface area contributed by atoms with Crippen molar-refractivity contribution in [2.24, 2.45) is 11.8 Å². The molecule has 4 heteroatoms. The molecule has 1 fully saturated rings. The number of rotatable bonds is 6. The first-order valence-electron chi connectivity index (χ1n) is 8.52. The first kappa shape index (κ1) is 18.7. The van der Waals surface area contributed by atoms with E-state index in [4.69, 9.17) is 9.78 Å². The molecule has 0 amide bonds. The SMILES string of the molecule is C=C[Si](C)(C=C)c1ccc(C(=O)OO[C]2CCC(C)CC2C)cc1. The average Bonchev–Trinajstić information content (AvgIpc) is 2.60. The zero-order chi connectivity index (χ0) is 17.7. The van der Waals surface area contributed by atoms with Gasteiger partial charge in [-0.15, -0.1) is 13.2 Å². The maximum Gasteiger partial charge on any atom is 0.373 e. The molecule has 0 bridgehead atoms. The van der Waals surface area contributed by atoms with E-state index >= 15 is 0 Å². The summed E-state index contributed by atoms with van der Waals surface area (Å²) in [6.07, 6.45) is 3.89. The number of hydrogen-bond acceptors (Lipinski definition) is 3. The first-order chi connectivity index (χ1) is 11.4. The summed E-state index contributed by atoms with van der Waals surface area (Å²) in [4.78, 5) is 22.6. The van der Waals surface area contributed by atoms with Crippen molar-refractivity contribution in [3.8, 4) is 0 Å². The Balaban J connectivity index is 1.96. The molecule has 0 aliphatic heterocycles. The van der Waals surface area contributed by atoms with Crippen molar-refractivity contribution in [2.45, 2.75) is 39.7 Å². The van der Waals surface area contributed by atoms with E-state index in [1.165, 1.54) is 0 Å². The average molecular weight is 344 g/mol. The molecule has 1 radical (unpaired) electrons. The van der Waals surface area contributed by atoms with Crippen molar-refractivity contribution in [2.75, 3.05) is 0 Å². The number of hydrogen-bond donors (Lipinski definition) is 0. The highest BCUT2D eigenvalue weighted by atomic mass is 28.3. The minimum absolute atomic E-state index is 0.329. The largest absolute Gasteiger partial charge is 0.373 e. The van der Waals surface area contributed by atoms with Crippen LogP contribution in [0.25, 0.3) is 0 Å². The quantitative estimate of drug-likeness (QED) is 0.433. The molecule has 1 aliphatic rings. The van der Waals surface area contributed by atoms with Crippen LogP contribution in [0.15, 0.2) is 48.8 Å². The van der Waals surface area contributed by atoms with Crippen LogP contribution >= 0.6 is 0 Å². The molecule has 2 rings (SSSR count). The van der Waals surface area contributed by atoms with Gasteiger partial charge in [-0.3, -0.25) is 4.89 Å². The van der Waals surface area contributed by atoms with Crippen molar-refractivity contribution in [1.82, 2.24) is 0 Å². The molecule has 0 heterocycles. The highest BCUT2D eigenvalue weighted by molar-refractivity contribution is 6.98. The first-order valence-corrected chi connectivity index (χ1v) is 11.2. The summed E-state index contributed by atoms with van der Waals surface area (Å²) in [5.74, 6) is 0.569. The molecule has 0 aromatic heterocycles. The Kier molecular flexibility index (Phi) is 6.19. The van der Waals surface area contributed by atoms with Crippen LogP contribution in [-0.4, -0.2) is 14.0 Å². The number of carbonyl (C=O) groups is 1. The van der Waals surface area contributed by atoms with Crippen LogP contribution in [0.4, 0.5) is 0 Å². The second-order valence-corrected chi connectivity index (χ2v) is 10.9. The predicted molar refractivity (Wildman–Crippen MR) is 100 cm³/mol. The smallest absolute Gasteiger partial charge is 0.292 e. The van der Waals surface area contributed by atoms with Gasteiger partial charge in [0.1, 0.15) is 8.07 Å². The van der Waals surface area contributed by atoms with Crippen molar-refractivity contribution >= 4 is 19.2 Å². The minimum atomic E-state index is -1.85. The highest BCUT2D eigenvalue weighted by Crippen LogP contribution is 2.35. The Labute approximate surface area is 146 Å². The molecule has 0 N–H and O–H groups in total. The van der Waals surface area contributed by atoms with Crippen molar-refractivity contribution in [1.29, 1.82) is 0 Å². The Morgan fingerprint density at radius 2 is 1.83 bits per heavy atom. The summed E-state index contributed by atoms with van der Waals surface area (Å²) < 4.78 is 0. The van der Waals surface area contributed by atoms with Crippen LogP contribution in [0.1, 0.15) is 43.5 Å². The van der Waals surface area contributed by atoms with Crippen LogP contribution in [0.3, 0.4) is 0 Å². The molecule has 0 spiro atoms. The maximum atomic E-state index is 12.2. The van der Waals surface area contributed by atoms with E-state index in [0.29, 0.717) is 17.4 Å². The summed E-state index contributed by atoms with van der Waals surface area (Å²) >= 11 is 0. The second kappa shape index (κ2) is 7.95. The molecule has 129 valence electrons. The molecule has 3 nitrogen and oxygen atoms in total. The minimum Gasteiger partial charge on any atom is -0.292 e. The number of benzene rings is 1. The Morgan fingerprint density at radius 3 is 2.38 bits per heavy atom. The molecule has 1 saturated carbocycles. The van der Waals surface area contributed by atoms with Gasteiger partial charge in [0.05, 0.1) is 5.56 Å². The van der Waals surface area contributed by atoms with Gasteiger partial charge in [-0.05, 0) is 43.2 Å². The van der Waals surface area contributed by atoms with Crippen molar-refractivity contribution in [3.63, 3.8) is 0 Å². The van der Waals surface area contributed by atoms with Gasteiger partial charge in [-0.2, -0.15) is 4.89 Å². The van der Waals surface area contributed by atoms with Gasteiger partial charge in [0.2, 0.25) is 0 Å². The van der Waals surface area contributed by atoms with Crippen molar-refractivity contribution in [3.05, 3.63) is 60.5 Å². The fourth-order valence-electron chi connectivity index (χ4n) is 3.04. The second-order valence-electron chi connectivity index (χ2n) is 6.97. The lowest BCUT2D eigenvalue weighted by atomic mass is 9.81. The lowest BCUT2D eigenvalue weighted by Crippen LogP contribution is -2.40. The Morgan fingerprint density at radius 1 is 1.21 bits per heavy atom. The summed E-state index contributed by atoms with van der Waals surface area (Å²) in [5.41, 5.74) is 4.43. The van der Waals surface area contributed by atoms with E-state index in [1.807, 2.05) is 23.5 Å². The lowest BCUT2D eigenvalue weighted by molar-refractivity contribution is -0.247. The van der Waals surface area contributed by atoms with E-state index in [-0.39, 0.29) is 0 Å². The van der Waals surface area contributed by atoms with E-state index in [0.717, 1.165) is 30.6 Å². The third-order valence-corrected chi connectivity index (χ3v) is 8.28. The lowest BCUT2D eigenvalue weighted by Gasteiger charge is -2.29. The predicted octanol–water partition coefficient (Wildman–Crippen LogP) is 4.50. The van der Waals surface area contributed by atoms with Crippen molar-refractivity contribution < 1.29 is 14.6 Å². The molecule has 1 aromatic carbocycles. The standard InChI is InChI=1S/C20H27O3Si/c1-6-24(5,7-2)18-11-9-17(10-12-18)20(21)23-22-19-13-8-15(3)14-16(19)4/h6-7,9-12,15-16H,1-2,8,13-14H2,3-5H3. The maximum absolute atomic E-state index is 12.2. The fraction of sp³-hybridized carbons (Fsp3) is 0.400. The molecule has 0 saturated heterocycles. The molecular formula is C20H27O3Si. The highest BCUT2D eigenvalue weighted by Gasteiger charge is 2.29. The Hall–Kier alpha value is -1.65. The molecule has 1 aromatic rings. The fourth-order valence-corrected chi connectivity index (χ4v) is 4.56. The van der Waals surface area contributed by atoms with Crippen LogP contribution < -0.4 is 5.19 Å². The van der Waals surface area contributed by atoms with Gasteiger partial charge in [0.25, 0.3) is 0 Å². The Bertz CT molecular complexity index is 585. The van der Waals surface area contributed by atoms with Gasteiger partial charge < -0.3 is 0 Å². The van der Waals surface area contributed by atoms with Crippen LogP contribution in [0.2, 0.25) is 6.55 Å². The monoisotopic (exact) mass is 343 g/mol. The van der Waals surface area contributed by atoms with E-state index in [1.54, 1.807) is 12.1 Å². The van der Waals surface area contributed by atoms with Gasteiger partial charge in [-0.1, -0.05) is 49.1 Å². The van der Waals surface area contributed by atoms with E-state index < -0.39 is 14.0 Å². The summed E-state index contributed by atoms with van der Waals surface area (Å²) in [6.45, 7) is 14.3. The van der Waals surface area contributed by atoms with Crippen LogP contribution in [0, 0.1) is 17.9 Å². The molecule has 2 atom stereocenters. The van der Waals surface area contributed by atoms with E-state index in [2.05, 4.69) is 33.6 Å². The normalized spacial score (nSPS) is 22.0. The molecule has 2 unspecified atom stereocenters. The van der Waals surface area contributed by atoms with E-state index in [9.17, 15) is 4.79 Å². The molecular weight excluding hydrogens is 316 g/mol. The topological polar surface area (TPSA) is 35.5 Å². The molecule has 24 heavy (non-hydrogen) atoms. The summed E-state index contributed by atoms with van der Waals surface area (Å²) in [7, 11) is -1.85. The number of carbonyl (C=O) groups excluding carboxylic acids is 1. The third kappa shape index (κ3) is 4.25. The zero-order valence-electron chi connectivity index (χ0n) is 14.9. The van der Waals surface area contributed by atoms with Gasteiger partial charge in [-0.25, -0.2) is 4.79 Å². The van der Waals surface area contributed by atoms with Gasteiger partial charge in [0, 0.05) is 0 Å². The van der Waals surface area contributed by atoms with Gasteiger partial charge in [0.15, 0.2) is 6.10 Å². The zero-order valence-corrected chi connectivity index (χ0v) is 15.9. The summed E-state index contributed by atoms with van der Waals surface area (Å²) in [5, 5.41) is 1.16. The molecule has 1 aliphatic carbocycles. The van der Waals surface area contributed by atoms with Crippen LogP contribution in [-0.2, 0) is 9.78 Å². The van der Waals surface area contributed by atoms with Gasteiger partial charge >= 0.3 is 5.97 Å². The van der Waals surface area contributed by atoms with Crippen LogP contribution in [0.5, 0.6) is 0 Å². The summed E-state index contributed by atoms with van der Waals surface area (Å²) in [6, 6.07) is 7.45. The third-order valence-electron chi connectivity index (χ3n) is 5.00.